The van der Waals surface area contributed by atoms with Crippen LogP contribution in [0.4, 0.5) is 0 Å². The highest BCUT2D eigenvalue weighted by atomic mass is 79.9. The van der Waals surface area contributed by atoms with Gasteiger partial charge in [-0.2, -0.15) is 0 Å². The van der Waals surface area contributed by atoms with Crippen molar-refractivity contribution in [3.63, 3.8) is 0 Å². The van der Waals surface area contributed by atoms with Crippen molar-refractivity contribution in [2.24, 2.45) is 0 Å². The van der Waals surface area contributed by atoms with Gasteiger partial charge in [-0.25, -0.2) is 4.98 Å². The van der Waals surface area contributed by atoms with Gasteiger partial charge in [-0.3, -0.25) is 9.36 Å². The average molecular weight is 447 g/mol. The SMILES string of the molecule is C=C(Br)CSc1nc2ccccc2c(=O)n1Cc1ccc(OC)c(OC)c1. The minimum atomic E-state index is -0.0712. The Morgan fingerprint density at radius 3 is 2.63 bits per heavy atom. The number of fused-ring (bicyclic) bond motifs is 1. The molecule has 0 unspecified atom stereocenters. The van der Waals surface area contributed by atoms with Gasteiger partial charge in [-0.1, -0.05) is 52.5 Å². The average Bonchev–Trinajstić information content (AvgIpc) is 2.68. The van der Waals surface area contributed by atoms with Gasteiger partial charge in [-0.05, 0) is 34.3 Å². The molecule has 0 spiro atoms. The van der Waals surface area contributed by atoms with Crippen LogP contribution >= 0.6 is 27.7 Å². The number of aromatic nitrogens is 2. The molecule has 7 heteroatoms. The number of para-hydroxylation sites is 1. The number of hydrogen-bond donors (Lipinski definition) is 0. The lowest BCUT2D eigenvalue weighted by molar-refractivity contribution is 0.354. The van der Waals surface area contributed by atoms with E-state index >= 15 is 0 Å². The maximum atomic E-state index is 13.1. The molecule has 0 radical (unpaired) electrons. The lowest BCUT2D eigenvalue weighted by atomic mass is 10.2. The third-order valence-electron chi connectivity index (χ3n) is 3.97. The molecule has 3 aromatic rings. The number of nitrogens with zero attached hydrogens (tertiary/aromatic N) is 2. The maximum absolute atomic E-state index is 13.1. The summed E-state index contributed by atoms with van der Waals surface area (Å²) in [4.78, 5) is 17.8. The number of ether oxygens (including phenoxy) is 2. The first kappa shape index (κ1) is 19.5. The predicted octanol–water partition coefficient (Wildman–Crippen LogP) is 4.46. The molecule has 0 bridgehead atoms. The smallest absolute Gasteiger partial charge is 0.262 e. The van der Waals surface area contributed by atoms with Crippen LogP contribution in [0.2, 0.25) is 0 Å². The molecule has 140 valence electrons. The normalized spacial score (nSPS) is 10.8. The molecule has 2 aromatic carbocycles. The lowest BCUT2D eigenvalue weighted by Crippen LogP contribution is -2.24. The van der Waals surface area contributed by atoms with Gasteiger partial charge < -0.3 is 9.47 Å². The zero-order valence-electron chi connectivity index (χ0n) is 15.1. The van der Waals surface area contributed by atoms with Crippen molar-refractivity contribution in [2.75, 3.05) is 20.0 Å². The quantitative estimate of drug-likeness (QED) is 0.396. The van der Waals surface area contributed by atoms with Crippen LogP contribution in [0.1, 0.15) is 5.56 Å². The van der Waals surface area contributed by atoms with Crippen LogP contribution in [0.3, 0.4) is 0 Å². The third-order valence-corrected chi connectivity index (χ3v) is 5.69. The predicted molar refractivity (Wildman–Crippen MR) is 113 cm³/mol. The Balaban J connectivity index is 2.08. The van der Waals surface area contributed by atoms with Crippen molar-refractivity contribution in [3.05, 3.63) is 69.4 Å². The third kappa shape index (κ3) is 4.36. The second-order valence-corrected chi connectivity index (χ2v) is 7.86. The van der Waals surface area contributed by atoms with E-state index in [-0.39, 0.29) is 5.56 Å². The van der Waals surface area contributed by atoms with E-state index in [2.05, 4.69) is 27.5 Å². The summed E-state index contributed by atoms with van der Waals surface area (Å²) < 4.78 is 13.2. The van der Waals surface area contributed by atoms with E-state index in [4.69, 9.17) is 9.47 Å². The van der Waals surface area contributed by atoms with Crippen LogP contribution < -0.4 is 15.0 Å². The first-order valence-electron chi connectivity index (χ1n) is 8.20. The molecule has 0 saturated carbocycles. The molecule has 0 fully saturated rings. The van der Waals surface area contributed by atoms with Crippen molar-refractivity contribution in [2.45, 2.75) is 11.7 Å². The summed E-state index contributed by atoms with van der Waals surface area (Å²) in [6.07, 6.45) is 0. The number of hydrogen-bond acceptors (Lipinski definition) is 5. The molecule has 0 aliphatic carbocycles. The number of thioether (sulfide) groups is 1. The molecule has 0 aliphatic rings. The number of benzene rings is 2. The monoisotopic (exact) mass is 446 g/mol. The van der Waals surface area contributed by atoms with Gasteiger partial charge in [-0.15, -0.1) is 0 Å². The van der Waals surface area contributed by atoms with Gasteiger partial charge in [0.2, 0.25) is 0 Å². The first-order valence-corrected chi connectivity index (χ1v) is 9.98. The van der Waals surface area contributed by atoms with Crippen LogP contribution in [0.25, 0.3) is 10.9 Å². The highest BCUT2D eigenvalue weighted by Gasteiger charge is 2.13. The zero-order valence-corrected chi connectivity index (χ0v) is 17.5. The zero-order chi connectivity index (χ0) is 19.4. The first-order chi connectivity index (χ1) is 13.0. The fourth-order valence-electron chi connectivity index (χ4n) is 2.70. The summed E-state index contributed by atoms with van der Waals surface area (Å²) in [5, 5.41) is 1.24. The highest BCUT2D eigenvalue weighted by Crippen LogP contribution is 2.28. The Hall–Kier alpha value is -2.25. The van der Waals surface area contributed by atoms with E-state index in [1.165, 1.54) is 11.8 Å². The standard InChI is InChI=1S/C20H19BrN2O3S/c1-13(21)12-27-20-22-16-7-5-4-6-15(16)19(24)23(20)11-14-8-9-17(25-2)18(10-14)26-3/h4-10H,1,11-12H2,2-3H3. The van der Waals surface area contributed by atoms with Gasteiger partial charge in [0.15, 0.2) is 16.7 Å². The second kappa shape index (κ2) is 8.63. The van der Waals surface area contributed by atoms with Crippen LogP contribution in [-0.2, 0) is 6.54 Å². The van der Waals surface area contributed by atoms with E-state index in [1.807, 2.05) is 36.4 Å². The van der Waals surface area contributed by atoms with E-state index < -0.39 is 0 Å². The van der Waals surface area contributed by atoms with Gasteiger partial charge in [0.1, 0.15) is 0 Å². The Labute approximate surface area is 170 Å². The van der Waals surface area contributed by atoms with Crippen molar-refractivity contribution in [3.8, 4) is 11.5 Å². The van der Waals surface area contributed by atoms with E-state index in [1.54, 1.807) is 24.9 Å². The Morgan fingerprint density at radius 2 is 1.93 bits per heavy atom. The molecule has 5 nitrogen and oxygen atoms in total. The molecule has 0 amide bonds. The van der Waals surface area contributed by atoms with Crippen LogP contribution in [0, 0.1) is 0 Å². The fraction of sp³-hybridized carbons (Fsp3) is 0.200. The summed E-state index contributed by atoms with van der Waals surface area (Å²) >= 11 is 4.84. The van der Waals surface area contributed by atoms with Crippen LogP contribution in [-0.4, -0.2) is 29.5 Å². The second-order valence-electron chi connectivity index (χ2n) is 5.80. The Bertz CT molecular complexity index is 1050. The molecule has 0 aliphatic heterocycles. The lowest BCUT2D eigenvalue weighted by Gasteiger charge is -2.14. The molecule has 1 heterocycles. The number of rotatable bonds is 7. The minimum absolute atomic E-state index is 0.0712. The van der Waals surface area contributed by atoms with E-state index in [9.17, 15) is 4.79 Å². The molecular weight excluding hydrogens is 428 g/mol. The van der Waals surface area contributed by atoms with Crippen molar-refractivity contribution >= 4 is 38.6 Å². The van der Waals surface area contributed by atoms with Crippen LogP contribution in [0.5, 0.6) is 11.5 Å². The number of methoxy groups -OCH3 is 2. The summed E-state index contributed by atoms with van der Waals surface area (Å²) in [6, 6.07) is 13.0. The summed E-state index contributed by atoms with van der Waals surface area (Å²) in [5.41, 5.74) is 1.54. The molecule has 1 aromatic heterocycles. The molecular formula is C20H19BrN2O3S. The van der Waals surface area contributed by atoms with Gasteiger partial charge in [0, 0.05) is 5.75 Å². The Morgan fingerprint density at radius 1 is 1.19 bits per heavy atom. The topological polar surface area (TPSA) is 53.4 Å². The highest BCUT2D eigenvalue weighted by molar-refractivity contribution is 9.11. The van der Waals surface area contributed by atoms with E-state index in [0.29, 0.717) is 39.9 Å². The largest absolute Gasteiger partial charge is 0.493 e. The van der Waals surface area contributed by atoms with Gasteiger partial charge >= 0.3 is 0 Å². The summed E-state index contributed by atoms with van der Waals surface area (Å²) in [6.45, 7) is 4.24. The van der Waals surface area contributed by atoms with Crippen molar-refractivity contribution < 1.29 is 9.47 Å². The maximum Gasteiger partial charge on any atom is 0.262 e. The molecule has 27 heavy (non-hydrogen) atoms. The molecule has 0 saturated heterocycles. The molecule has 0 N–H and O–H groups in total. The minimum Gasteiger partial charge on any atom is -0.493 e. The van der Waals surface area contributed by atoms with Crippen molar-refractivity contribution in [1.29, 1.82) is 0 Å². The van der Waals surface area contributed by atoms with Gasteiger partial charge in [0.05, 0.1) is 31.7 Å². The van der Waals surface area contributed by atoms with Crippen molar-refractivity contribution in [1.82, 2.24) is 9.55 Å². The Kier molecular flexibility index (Phi) is 6.23. The molecule has 3 rings (SSSR count). The summed E-state index contributed by atoms with van der Waals surface area (Å²) in [7, 11) is 3.19. The molecule has 0 atom stereocenters. The van der Waals surface area contributed by atoms with Gasteiger partial charge in [0.25, 0.3) is 5.56 Å². The summed E-state index contributed by atoms with van der Waals surface area (Å²) in [5.74, 6) is 1.90. The van der Waals surface area contributed by atoms with E-state index in [0.717, 1.165) is 10.0 Å². The number of halogens is 1. The van der Waals surface area contributed by atoms with Crippen LogP contribution in [0.15, 0.2) is 63.5 Å². The fourth-order valence-corrected chi connectivity index (χ4v) is 3.80.